The number of carboxylic acid groups (broad SMARTS) is 1. The third kappa shape index (κ3) is 3.63. The molecule has 1 aromatic heterocycles. The molecule has 0 atom stereocenters. The van der Waals surface area contributed by atoms with E-state index in [0.29, 0.717) is 22.2 Å². The van der Waals surface area contributed by atoms with Gasteiger partial charge in [-0.25, -0.2) is 4.79 Å². The molecule has 0 aliphatic rings. The summed E-state index contributed by atoms with van der Waals surface area (Å²) in [5, 5.41) is 23.3. The maximum atomic E-state index is 13.2. The zero-order valence-corrected chi connectivity index (χ0v) is 15.3. The molecule has 0 amide bonds. The standard InChI is InChI=1S/C21H22N2O4/c1-21(2,13-24)22-12-17-18(20(26)27)15-10-6-7-11-16(15)19(25)23(17)14-8-4-3-5-9-14/h3-11,22,24H,12-13H2,1-2H3,(H,26,27). The van der Waals surface area contributed by atoms with E-state index in [4.69, 9.17) is 0 Å². The Morgan fingerprint density at radius 2 is 1.63 bits per heavy atom. The van der Waals surface area contributed by atoms with Crippen LogP contribution in [0.4, 0.5) is 0 Å². The largest absolute Gasteiger partial charge is 0.478 e. The van der Waals surface area contributed by atoms with E-state index in [1.807, 2.05) is 6.07 Å². The molecule has 0 aliphatic carbocycles. The fourth-order valence-corrected chi connectivity index (χ4v) is 3.03. The number of aliphatic hydroxyl groups excluding tert-OH is 1. The van der Waals surface area contributed by atoms with Crippen LogP contribution >= 0.6 is 0 Å². The lowest BCUT2D eigenvalue weighted by atomic mass is 10.0. The molecule has 1 heterocycles. The van der Waals surface area contributed by atoms with Gasteiger partial charge in [-0.2, -0.15) is 0 Å². The lowest BCUT2D eigenvalue weighted by Gasteiger charge is -2.26. The summed E-state index contributed by atoms with van der Waals surface area (Å²) in [4.78, 5) is 25.3. The predicted octanol–water partition coefficient (Wildman–Crippen LogP) is 2.55. The Hall–Kier alpha value is -2.96. The lowest BCUT2D eigenvalue weighted by Crippen LogP contribution is -2.43. The highest BCUT2D eigenvalue weighted by Crippen LogP contribution is 2.23. The zero-order chi connectivity index (χ0) is 19.6. The molecule has 0 spiro atoms. The monoisotopic (exact) mass is 366 g/mol. The van der Waals surface area contributed by atoms with Crippen LogP contribution in [-0.4, -0.2) is 32.9 Å². The predicted molar refractivity (Wildman–Crippen MR) is 105 cm³/mol. The second-order valence-corrected chi connectivity index (χ2v) is 7.04. The van der Waals surface area contributed by atoms with E-state index < -0.39 is 11.5 Å². The molecule has 0 saturated carbocycles. The number of rotatable bonds is 6. The number of pyridine rings is 1. The van der Waals surface area contributed by atoms with E-state index in [1.165, 1.54) is 4.57 Å². The zero-order valence-electron chi connectivity index (χ0n) is 15.3. The van der Waals surface area contributed by atoms with Gasteiger partial charge in [-0.05, 0) is 32.0 Å². The van der Waals surface area contributed by atoms with Gasteiger partial charge in [0.05, 0.1) is 17.9 Å². The van der Waals surface area contributed by atoms with Crippen LogP contribution in [0.25, 0.3) is 16.5 Å². The third-order valence-corrected chi connectivity index (χ3v) is 4.55. The van der Waals surface area contributed by atoms with Gasteiger partial charge in [0.15, 0.2) is 0 Å². The van der Waals surface area contributed by atoms with E-state index in [0.717, 1.165) is 0 Å². The summed E-state index contributed by atoms with van der Waals surface area (Å²) in [6.07, 6.45) is 0. The van der Waals surface area contributed by atoms with Gasteiger partial charge in [-0.3, -0.25) is 9.36 Å². The van der Waals surface area contributed by atoms with Crippen molar-refractivity contribution in [2.24, 2.45) is 0 Å². The van der Waals surface area contributed by atoms with Crippen LogP contribution in [0.1, 0.15) is 29.9 Å². The molecule has 3 N–H and O–H groups in total. The number of aliphatic hydroxyl groups is 1. The van der Waals surface area contributed by atoms with Crippen LogP contribution in [0.5, 0.6) is 0 Å². The smallest absolute Gasteiger partial charge is 0.338 e. The Labute approximate surface area is 156 Å². The average molecular weight is 366 g/mol. The lowest BCUT2D eigenvalue weighted by molar-refractivity contribution is 0.0696. The number of fused-ring (bicyclic) bond motifs is 1. The summed E-state index contributed by atoms with van der Waals surface area (Å²) in [7, 11) is 0. The Morgan fingerprint density at radius 3 is 2.22 bits per heavy atom. The van der Waals surface area contributed by atoms with Crippen molar-refractivity contribution in [1.29, 1.82) is 0 Å². The number of aromatic nitrogens is 1. The van der Waals surface area contributed by atoms with Crippen molar-refractivity contribution in [1.82, 2.24) is 9.88 Å². The molecular formula is C21H22N2O4. The first-order valence-electron chi connectivity index (χ1n) is 8.67. The first-order valence-corrected chi connectivity index (χ1v) is 8.67. The fraction of sp³-hybridized carbons (Fsp3) is 0.238. The maximum Gasteiger partial charge on any atom is 0.338 e. The van der Waals surface area contributed by atoms with E-state index >= 15 is 0 Å². The number of nitrogens with zero attached hydrogens (tertiary/aromatic N) is 1. The quantitative estimate of drug-likeness (QED) is 0.624. The molecule has 0 saturated heterocycles. The molecule has 3 rings (SSSR count). The number of benzene rings is 2. The molecule has 0 unspecified atom stereocenters. The van der Waals surface area contributed by atoms with Gasteiger partial charge in [-0.1, -0.05) is 36.4 Å². The molecule has 3 aromatic rings. The van der Waals surface area contributed by atoms with Crippen LogP contribution in [0.3, 0.4) is 0 Å². The Kier molecular flexibility index (Phi) is 5.12. The first-order chi connectivity index (χ1) is 12.9. The molecule has 0 aliphatic heterocycles. The highest BCUT2D eigenvalue weighted by Gasteiger charge is 2.24. The van der Waals surface area contributed by atoms with Gasteiger partial charge in [0, 0.05) is 28.5 Å². The van der Waals surface area contributed by atoms with Crippen LogP contribution < -0.4 is 10.9 Å². The van der Waals surface area contributed by atoms with Gasteiger partial charge in [-0.15, -0.1) is 0 Å². The summed E-state index contributed by atoms with van der Waals surface area (Å²) in [5.41, 5.74) is 0.114. The van der Waals surface area contributed by atoms with Gasteiger partial charge >= 0.3 is 5.97 Å². The number of carboxylic acids is 1. The van der Waals surface area contributed by atoms with Crippen LogP contribution in [-0.2, 0) is 6.54 Å². The van der Waals surface area contributed by atoms with E-state index in [1.54, 1.807) is 62.4 Å². The Bertz CT molecular complexity index is 1040. The van der Waals surface area contributed by atoms with Crippen molar-refractivity contribution >= 4 is 16.7 Å². The van der Waals surface area contributed by atoms with Crippen molar-refractivity contribution in [3.8, 4) is 5.69 Å². The Balaban J connectivity index is 2.36. The molecule has 0 fully saturated rings. The topological polar surface area (TPSA) is 91.6 Å². The van der Waals surface area contributed by atoms with Gasteiger partial charge in [0.25, 0.3) is 5.56 Å². The number of aromatic carboxylic acids is 1. The van der Waals surface area contributed by atoms with Gasteiger partial charge in [0.1, 0.15) is 0 Å². The maximum absolute atomic E-state index is 13.2. The normalized spacial score (nSPS) is 11.7. The summed E-state index contributed by atoms with van der Waals surface area (Å²) in [6.45, 7) is 3.60. The summed E-state index contributed by atoms with van der Waals surface area (Å²) >= 11 is 0. The molecule has 0 bridgehead atoms. The first kappa shape index (κ1) is 18.8. The molecule has 6 nitrogen and oxygen atoms in total. The highest BCUT2D eigenvalue weighted by molar-refractivity contribution is 6.04. The SMILES string of the molecule is CC(C)(CO)NCc1c(C(=O)O)c2ccccc2c(=O)n1-c1ccccc1. The Morgan fingerprint density at radius 1 is 1.04 bits per heavy atom. The molecule has 6 heteroatoms. The van der Waals surface area contributed by atoms with Crippen molar-refractivity contribution in [2.75, 3.05) is 6.61 Å². The third-order valence-electron chi connectivity index (χ3n) is 4.55. The van der Waals surface area contributed by atoms with Crippen LogP contribution in [0, 0.1) is 0 Å². The average Bonchev–Trinajstić information content (AvgIpc) is 2.67. The highest BCUT2D eigenvalue weighted by atomic mass is 16.4. The minimum Gasteiger partial charge on any atom is -0.478 e. The van der Waals surface area contributed by atoms with Crippen LogP contribution in [0.15, 0.2) is 59.4 Å². The summed E-state index contributed by atoms with van der Waals surface area (Å²) in [5.74, 6) is -1.10. The minimum atomic E-state index is -1.10. The number of carbonyl (C=O) groups is 1. The van der Waals surface area contributed by atoms with Crippen molar-refractivity contribution in [3.63, 3.8) is 0 Å². The second-order valence-electron chi connectivity index (χ2n) is 7.04. The van der Waals surface area contributed by atoms with Crippen molar-refractivity contribution in [3.05, 3.63) is 76.2 Å². The van der Waals surface area contributed by atoms with Crippen molar-refractivity contribution in [2.45, 2.75) is 25.9 Å². The minimum absolute atomic E-state index is 0.0790. The van der Waals surface area contributed by atoms with E-state index in [2.05, 4.69) is 5.32 Å². The van der Waals surface area contributed by atoms with Gasteiger partial charge in [0.2, 0.25) is 0 Å². The fourth-order valence-electron chi connectivity index (χ4n) is 3.03. The van der Waals surface area contributed by atoms with Gasteiger partial charge < -0.3 is 15.5 Å². The number of hydrogen-bond acceptors (Lipinski definition) is 4. The summed E-state index contributed by atoms with van der Waals surface area (Å²) in [6, 6.07) is 15.7. The molecule has 140 valence electrons. The van der Waals surface area contributed by atoms with Crippen LogP contribution in [0.2, 0.25) is 0 Å². The number of hydrogen-bond donors (Lipinski definition) is 3. The second kappa shape index (κ2) is 7.34. The summed E-state index contributed by atoms with van der Waals surface area (Å²) < 4.78 is 1.44. The molecule has 27 heavy (non-hydrogen) atoms. The molecule has 0 radical (unpaired) electrons. The van der Waals surface area contributed by atoms with E-state index in [9.17, 15) is 19.8 Å². The van der Waals surface area contributed by atoms with Crippen molar-refractivity contribution < 1.29 is 15.0 Å². The van der Waals surface area contributed by atoms with E-state index in [-0.39, 0.29) is 24.3 Å². The number of nitrogens with one attached hydrogen (secondary N) is 1. The molecule has 2 aromatic carbocycles. The number of para-hydroxylation sites is 1. The molecular weight excluding hydrogens is 344 g/mol.